The third-order valence-electron chi connectivity index (χ3n) is 4.95. The van der Waals surface area contributed by atoms with E-state index < -0.39 is 21.7 Å². The van der Waals surface area contributed by atoms with E-state index in [-0.39, 0.29) is 17.2 Å². The van der Waals surface area contributed by atoms with Gasteiger partial charge in [-0.05, 0) is 99.8 Å². The van der Waals surface area contributed by atoms with E-state index in [0.29, 0.717) is 28.2 Å². The lowest BCUT2D eigenvalue weighted by Gasteiger charge is -2.19. The van der Waals surface area contributed by atoms with Crippen molar-refractivity contribution >= 4 is 33.2 Å². The fourth-order valence-electron chi connectivity index (χ4n) is 3.19. The summed E-state index contributed by atoms with van der Waals surface area (Å²) < 4.78 is 33.3. The van der Waals surface area contributed by atoms with Crippen molar-refractivity contribution in [2.45, 2.75) is 51.7 Å². The van der Waals surface area contributed by atoms with Gasteiger partial charge in [-0.2, -0.15) is 10.2 Å². The number of nitrogens with one attached hydrogen (secondary N) is 2. The lowest BCUT2D eigenvalue weighted by atomic mass is 10.1. The molecule has 3 rings (SSSR count). The molecule has 0 heterocycles. The zero-order valence-electron chi connectivity index (χ0n) is 20.9. The van der Waals surface area contributed by atoms with E-state index in [1.54, 1.807) is 83.1 Å². The molecule has 0 fully saturated rings. The first-order valence-electron chi connectivity index (χ1n) is 11.2. The molecule has 1 amide bonds. The van der Waals surface area contributed by atoms with Crippen molar-refractivity contribution in [3.63, 3.8) is 0 Å². The van der Waals surface area contributed by atoms with Gasteiger partial charge >= 0.3 is 6.09 Å². The lowest BCUT2D eigenvalue weighted by molar-refractivity contribution is 0.0523. The number of rotatable bonds is 7. The molecule has 0 aliphatic rings. The van der Waals surface area contributed by atoms with Crippen molar-refractivity contribution in [3.05, 3.63) is 77.4 Å². The van der Waals surface area contributed by atoms with Gasteiger partial charge in [0.05, 0.1) is 16.3 Å². The van der Waals surface area contributed by atoms with Gasteiger partial charge < -0.3 is 15.2 Å². The van der Waals surface area contributed by atoms with Gasteiger partial charge in [0.25, 0.3) is 10.0 Å². The number of azo groups is 1. The van der Waals surface area contributed by atoms with Crippen molar-refractivity contribution < 1.29 is 23.1 Å². The third-order valence-corrected chi connectivity index (χ3v) is 6.34. The molecule has 0 aliphatic heterocycles. The van der Waals surface area contributed by atoms with Gasteiger partial charge in [0, 0.05) is 12.2 Å². The number of aryl methyl sites for hydroxylation is 2. The Morgan fingerprint density at radius 1 is 0.917 bits per heavy atom. The predicted octanol–water partition coefficient (Wildman–Crippen LogP) is 6.25. The quantitative estimate of drug-likeness (QED) is 0.324. The second-order valence-corrected chi connectivity index (χ2v) is 11.0. The highest BCUT2D eigenvalue weighted by Gasteiger charge is 2.16. The first kappa shape index (κ1) is 26.7. The zero-order valence-corrected chi connectivity index (χ0v) is 21.7. The molecule has 0 saturated carbocycles. The molecule has 0 aliphatic carbocycles. The number of nitrogens with zero attached hydrogens (tertiary/aromatic N) is 2. The molecule has 10 heteroatoms. The van der Waals surface area contributed by atoms with Gasteiger partial charge in [-0.1, -0.05) is 12.1 Å². The highest BCUT2D eigenvalue weighted by atomic mass is 32.2. The van der Waals surface area contributed by atoms with E-state index in [1.807, 2.05) is 0 Å². The van der Waals surface area contributed by atoms with Crippen molar-refractivity contribution in [2.75, 3.05) is 4.72 Å². The fourth-order valence-corrected chi connectivity index (χ4v) is 4.25. The highest BCUT2D eigenvalue weighted by Crippen LogP contribution is 2.28. The number of phenols is 1. The van der Waals surface area contributed by atoms with Crippen LogP contribution in [0.5, 0.6) is 5.75 Å². The van der Waals surface area contributed by atoms with Crippen molar-refractivity contribution in [1.82, 2.24) is 5.32 Å². The van der Waals surface area contributed by atoms with Crippen LogP contribution in [-0.4, -0.2) is 25.2 Å². The number of hydrogen-bond donors (Lipinski definition) is 3. The van der Waals surface area contributed by atoms with Gasteiger partial charge in [0.2, 0.25) is 0 Å². The average Bonchev–Trinajstić information content (AvgIpc) is 2.79. The van der Waals surface area contributed by atoms with Crippen LogP contribution in [0.25, 0.3) is 0 Å². The molecule has 0 bridgehead atoms. The normalized spacial score (nSPS) is 11.9. The Morgan fingerprint density at radius 3 is 2.03 bits per heavy atom. The van der Waals surface area contributed by atoms with Crippen molar-refractivity contribution in [3.8, 4) is 5.75 Å². The molecule has 0 radical (unpaired) electrons. The maximum Gasteiger partial charge on any atom is 0.407 e. The third kappa shape index (κ3) is 7.54. The Morgan fingerprint density at radius 2 is 1.47 bits per heavy atom. The molecule has 9 nitrogen and oxygen atoms in total. The van der Waals surface area contributed by atoms with Gasteiger partial charge in [-0.25, -0.2) is 13.2 Å². The molecule has 3 N–H and O–H groups in total. The number of carbonyl (C=O) groups is 1. The standard InChI is InChI=1S/C26H30N4O5S/c1-17-14-22(15-18(2)24(17)31)29-28-20-10-12-23(13-11-20)36(33,34)30-21-8-6-19(7-9-21)16-27-25(32)35-26(3,4)5/h6-15,30-31H,16H2,1-5H3,(H,27,32)/b29-28+. The summed E-state index contributed by atoms with van der Waals surface area (Å²) in [6.45, 7) is 9.16. The molecule has 36 heavy (non-hydrogen) atoms. The fraction of sp³-hybridized carbons (Fsp3) is 0.269. The molecular formula is C26H30N4O5S. The molecule has 3 aromatic carbocycles. The second kappa shape index (κ2) is 10.8. The Balaban J connectivity index is 1.61. The van der Waals surface area contributed by atoms with Crippen LogP contribution in [0, 0.1) is 13.8 Å². The number of hydrogen-bond acceptors (Lipinski definition) is 7. The van der Waals surface area contributed by atoms with Gasteiger partial charge in [0.15, 0.2) is 0 Å². The average molecular weight is 511 g/mol. The van der Waals surface area contributed by atoms with Crippen LogP contribution in [0.15, 0.2) is 75.8 Å². The van der Waals surface area contributed by atoms with E-state index in [2.05, 4.69) is 20.3 Å². The number of aromatic hydroxyl groups is 1. The van der Waals surface area contributed by atoms with Crippen LogP contribution in [0.3, 0.4) is 0 Å². The molecule has 0 aromatic heterocycles. The summed E-state index contributed by atoms with van der Waals surface area (Å²) in [6.07, 6.45) is -0.524. The van der Waals surface area contributed by atoms with E-state index in [0.717, 1.165) is 5.56 Å². The van der Waals surface area contributed by atoms with Gasteiger partial charge in [0.1, 0.15) is 11.4 Å². The van der Waals surface area contributed by atoms with E-state index in [1.165, 1.54) is 12.1 Å². The van der Waals surface area contributed by atoms with Crippen LogP contribution < -0.4 is 10.0 Å². The van der Waals surface area contributed by atoms with Crippen molar-refractivity contribution in [2.24, 2.45) is 10.2 Å². The first-order valence-corrected chi connectivity index (χ1v) is 12.7. The molecule has 0 saturated heterocycles. The predicted molar refractivity (Wildman–Crippen MR) is 139 cm³/mol. The smallest absolute Gasteiger partial charge is 0.407 e. The number of ether oxygens (including phenoxy) is 1. The SMILES string of the molecule is Cc1cc(/N=N/c2ccc(S(=O)(=O)Nc3ccc(CNC(=O)OC(C)(C)C)cc3)cc2)cc(C)c1O. The molecule has 0 unspecified atom stereocenters. The Bertz CT molecular complexity index is 1340. The Labute approximate surface area is 211 Å². The molecule has 190 valence electrons. The molecule has 0 spiro atoms. The summed E-state index contributed by atoms with van der Waals surface area (Å²) in [4.78, 5) is 11.9. The monoisotopic (exact) mass is 510 g/mol. The van der Waals surface area contributed by atoms with Gasteiger partial charge in [-0.15, -0.1) is 0 Å². The number of anilines is 1. The number of phenolic OH excluding ortho intramolecular Hbond substituents is 1. The Kier molecular flexibility index (Phi) is 7.99. The minimum atomic E-state index is -3.81. The van der Waals surface area contributed by atoms with E-state index >= 15 is 0 Å². The van der Waals surface area contributed by atoms with Crippen LogP contribution in [0.2, 0.25) is 0 Å². The minimum Gasteiger partial charge on any atom is -0.507 e. The van der Waals surface area contributed by atoms with Crippen LogP contribution in [0.1, 0.15) is 37.5 Å². The molecule has 3 aromatic rings. The summed E-state index contributed by atoms with van der Waals surface area (Å²) in [6, 6.07) is 16.1. The first-order chi connectivity index (χ1) is 16.8. The van der Waals surface area contributed by atoms with E-state index in [4.69, 9.17) is 4.74 Å². The maximum atomic E-state index is 12.8. The van der Waals surface area contributed by atoms with Crippen molar-refractivity contribution in [1.29, 1.82) is 0 Å². The number of benzene rings is 3. The second-order valence-electron chi connectivity index (χ2n) is 9.28. The number of alkyl carbamates (subject to hydrolysis) is 1. The van der Waals surface area contributed by atoms with Crippen LogP contribution in [0.4, 0.5) is 21.9 Å². The largest absolute Gasteiger partial charge is 0.507 e. The summed E-state index contributed by atoms with van der Waals surface area (Å²) in [7, 11) is -3.81. The highest BCUT2D eigenvalue weighted by molar-refractivity contribution is 7.92. The van der Waals surface area contributed by atoms with Gasteiger partial charge in [-0.3, -0.25) is 4.72 Å². The summed E-state index contributed by atoms with van der Waals surface area (Å²) in [5, 5.41) is 20.8. The number of amides is 1. The number of carbonyl (C=O) groups excluding carboxylic acids is 1. The topological polar surface area (TPSA) is 129 Å². The van der Waals surface area contributed by atoms with Crippen LogP contribution in [-0.2, 0) is 21.3 Å². The minimum absolute atomic E-state index is 0.0773. The maximum absolute atomic E-state index is 12.8. The zero-order chi connectivity index (χ0) is 26.5. The molecule has 0 atom stereocenters. The van der Waals surface area contributed by atoms with E-state index in [9.17, 15) is 18.3 Å². The lowest BCUT2D eigenvalue weighted by Crippen LogP contribution is -2.32. The van der Waals surface area contributed by atoms with Crippen LogP contribution >= 0.6 is 0 Å². The number of sulfonamides is 1. The Hall–Kier alpha value is -3.92. The summed E-state index contributed by atoms with van der Waals surface area (Å²) in [5.74, 6) is 0.225. The molecular weight excluding hydrogens is 480 g/mol. The summed E-state index contributed by atoms with van der Waals surface area (Å²) >= 11 is 0. The summed E-state index contributed by atoms with van der Waals surface area (Å²) in [5.41, 5.74) is 3.06.